The lowest BCUT2D eigenvalue weighted by molar-refractivity contribution is 0.0690. The number of carboxylic acids is 1. The maximum atomic E-state index is 10.6. The van der Waals surface area contributed by atoms with Crippen molar-refractivity contribution < 1.29 is 9.90 Å². The molecule has 0 atom stereocenters. The molecule has 0 aliphatic rings. The average Bonchev–Trinajstić information content (AvgIpc) is 2.89. The van der Waals surface area contributed by atoms with Gasteiger partial charge in [-0.25, -0.2) is 9.48 Å². The van der Waals surface area contributed by atoms with E-state index in [0.29, 0.717) is 13.1 Å². The fourth-order valence-electron chi connectivity index (χ4n) is 1.68. The molecule has 100 valence electrons. The first kappa shape index (κ1) is 13.1. The van der Waals surface area contributed by atoms with Gasteiger partial charge in [0.05, 0.1) is 12.7 Å². The summed E-state index contributed by atoms with van der Waals surface area (Å²) in [5.74, 6) is -1.06. The van der Waals surface area contributed by atoms with E-state index in [-0.39, 0.29) is 5.69 Å². The van der Waals surface area contributed by atoms with Crippen molar-refractivity contribution in [3.05, 3.63) is 41.7 Å². The Morgan fingerprint density at radius 3 is 2.68 bits per heavy atom. The zero-order chi connectivity index (χ0) is 13.7. The molecule has 0 fully saturated rings. The molecule has 1 heterocycles. The van der Waals surface area contributed by atoms with E-state index in [4.69, 9.17) is 5.11 Å². The predicted octanol–water partition coefficient (Wildman–Crippen LogP) is 1.65. The molecular formula is C13H16N4O2. The van der Waals surface area contributed by atoms with Crippen molar-refractivity contribution in [1.29, 1.82) is 0 Å². The largest absolute Gasteiger partial charge is 0.476 e. The number of hydrogen-bond acceptors (Lipinski definition) is 4. The first-order valence-electron chi connectivity index (χ1n) is 6.15. The van der Waals surface area contributed by atoms with Gasteiger partial charge in [0.15, 0.2) is 5.69 Å². The zero-order valence-corrected chi connectivity index (χ0v) is 10.7. The molecule has 0 saturated carbocycles. The third kappa shape index (κ3) is 3.54. The molecule has 0 amide bonds. The molecule has 0 unspecified atom stereocenters. The van der Waals surface area contributed by atoms with Crippen LogP contribution < -0.4 is 5.32 Å². The molecule has 6 nitrogen and oxygen atoms in total. The lowest BCUT2D eigenvalue weighted by Crippen LogP contribution is -2.11. The van der Waals surface area contributed by atoms with Crippen LogP contribution >= 0.6 is 0 Å². The summed E-state index contributed by atoms with van der Waals surface area (Å²) >= 11 is 0. The van der Waals surface area contributed by atoms with Crippen LogP contribution in [0, 0.1) is 0 Å². The van der Waals surface area contributed by atoms with Gasteiger partial charge in [-0.2, -0.15) is 0 Å². The number of carboxylic acid groups (broad SMARTS) is 1. The molecule has 1 aromatic carbocycles. The van der Waals surface area contributed by atoms with Crippen molar-refractivity contribution in [3.63, 3.8) is 0 Å². The van der Waals surface area contributed by atoms with Crippen LogP contribution in [0.15, 0.2) is 30.5 Å². The number of benzene rings is 1. The molecule has 2 N–H and O–H groups in total. The topological polar surface area (TPSA) is 80.0 Å². The summed E-state index contributed by atoms with van der Waals surface area (Å²) in [5.41, 5.74) is 2.30. The highest BCUT2D eigenvalue weighted by Crippen LogP contribution is 2.09. The highest BCUT2D eigenvalue weighted by molar-refractivity contribution is 5.84. The maximum Gasteiger partial charge on any atom is 0.358 e. The van der Waals surface area contributed by atoms with Crippen LogP contribution in [0.4, 0.5) is 5.69 Å². The van der Waals surface area contributed by atoms with Crippen LogP contribution in [-0.2, 0) is 13.0 Å². The lowest BCUT2D eigenvalue weighted by atomic mass is 10.1. The smallest absolute Gasteiger partial charge is 0.358 e. The minimum absolute atomic E-state index is 0.0349. The number of carbonyl (C=O) groups is 1. The van der Waals surface area contributed by atoms with Crippen molar-refractivity contribution in [1.82, 2.24) is 15.0 Å². The maximum absolute atomic E-state index is 10.6. The second-order valence-electron chi connectivity index (χ2n) is 4.15. The lowest BCUT2D eigenvalue weighted by Gasteiger charge is -2.06. The molecule has 0 bridgehead atoms. The predicted molar refractivity (Wildman–Crippen MR) is 71.3 cm³/mol. The number of nitrogens with one attached hydrogen (secondary N) is 1. The standard InChI is InChI=1S/C13H16N4O2/c1-2-10-3-5-11(6-4-10)14-7-8-17-9-12(13(18)19)15-16-17/h3-6,9,14H,2,7-8H2,1H3,(H,18,19). The summed E-state index contributed by atoms with van der Waals surface area (Å²) in [6, 6.07) is 8.23. The van der Waals surface area contributed by atoms with Gasteiger partial charge in [0, 0.05) is 12.2 Å². The van der Waals surface area contributed by atoms with Gasteiger partial charge in [-0.05, 0) is 24.1 Å². The second kappa shape index (κ2) is 5.99. The van der Waals surface area contributed by atoms with Crippen molar-refractivity contribution >= 4 is 11.7 Å². The summed E-state index contributed by atoms with van der Waals surface area (Å²) in [4.78, 5) is 10.6. The molecule has 0 aliphatic heterocycles. The van der Waals surface area contributed by atoms with Gasteiger partial charge in [-0.15, -0.1) is 5.10 Å². The highest BCUT2D eigenvalue weighted by Gasteiger charge is 2.07. The van der Waals surface area contributed by atoms with Crippen LogP contribution in [0.3, 0.4) is 0 Å². The van der Waals surface area contributed by atoms with Crippen LogP contribution in [0.1, 0.15) is 23.0 Å². The number of aromatic carboxylic acids is 1. The van der Waals surface area contributed by atoms with Crippen molar-refractivity contribution in [3.8, 4) is 0 Å². The fraction of sp³-hybridized carbons (Fsp3) is 0.308. The molecule has 0 aliphatic carbocycles. The third-order valence-corrected chi connectivity index (χ3v) is 2.79. The first-order valence-corrected chi connectivity index (χ1v) is 6.15. The van der Waals surface area contributed by atoms with Crippen molar-refractivity contribution in [2.45, 2.75) is 19.9 Å². The third-order valence-electron chi connectivity index (χ3n) is 2.79. The van der Waals surface area contributed by atoms with Gasteiger partial charge in [0.25, 0.3) is 0 Å². The Morgan fingerprint density at radius 1 is 1.37 bits per heavy atom. The SMILES string of the molecule is CCc1ccc(NCCn2cc(C(=O)O)nn2)cc1. The Labute approximate surface area is 111 Å². The van der Waals surface area contributed by atoms with Gasteiger partial charge < -0.3 is 10.4 Å². The minimum Gasteiger partial charge on any atom is -0.476 e. The number of hydrogen-bond donors (Lipinski definition) is 2. The van der Waals surface area contributed by atoms with E-state index in [1.54, 1.807) is 0 Å². The van der Waals surface area contributed by atoms with Crippen LogP contribution in [0.25, 0.3) is 0 Å². The molecule has 2 aromatic rings. The van der Waals surface area contributed by atoms with Gasteiger partial charge in [0.1, 0.15) is 0 Å². The Bertz CT molecular complexity index is 548. The molecular weight excluding hydrogens is 244 g/mol. The number of nitrogens with zero attached hydrogens (tertiary/aromatic N) is 3. The normalized spacial score (nSPS) is 10.4. The number of rotatable bonds is 6. The number of anilines is 1. The van der Waals surface area contributed by atoms with Gasteiger partial charge >= 0.3 is 5.97 Å². The van der Waals surface area contributed by atoms with E-state index in [2.05, 4.69) is 34.7 Å². The Balaban J connectivity index is 1.83. The molecule has 2 rings (SSSR count). The summed E-state index contributed by atoms with van der Waals surface area (Å²) in [6.07, 6.45) is 2.45. The monoisotopic (exact) mass is 260 g/mol. The van der Waals surface area contributed by atoms with E-state index >= 15 is 0 Å². The second-order valence-corrected chi connectivity index (χ2v) is 4.15. The molecule has 0 saturated heterocycles. The van der Waals surface area contributed by atoms with Crippen LogP contribution in [0.5, 0.6) is 0 Å². The van der Waals surface area contributed by atoms with E-state index < -0.39 is 5.97 Å². The summed E-state index contributed by atoms with van der Waals surface area (Å²) in [5, 5.41) is 19.3. The molecule has 1 aromatic heterocycles. The average molecular weight is 260 g/mol. The number of aryl methyl sites for hydroxylation is 1. The van der Waals surface area contributed by atoms with Crippen molar-refractivity contribution in [2.24, 2.45) is 0 Å². The highest BCUT2D eigenvalue weighted by atomic mass is 16.4. The van der Waals surface area contributed by atoms with E-state index in [1.807, 2.05) is 12.1 Å². The van der Waals surface area contributed by atoms with Crippen molar-refractivity contribution in [2.75, 3.05) is 11.9 Å². The van der Waals surface area contributed by atoms with Gasteiger partial charge in [-0.3, -0.25) is 0 Å². The number of aromatic nitrogens is 3. The Hall–Kier alpha value is -2.37. The molecule has 0 spiro atoms. The van der Waals surface area contributed by atoms with Gasteiger partial charge in [0.2, 0.25) is 0 Å². The van der Waals surface area contributed by atoms with Gasteiger partial charge in [-0.1, -0.05) is 24.3 Å². The first-order chi connectivity index (χ1) is 9.19. The molecule has 6 heteroatoms. The fourth-order valence-corrected chi connectivity index (χ4v) is 1.68. The van der Waals surface area contributed by atoms with E-state index in [1.165, 1.54) is 16.4 Å². The molecule has 19 heavy (non-hydrogen) atoms. The van der Waals surface area contributed by atoms with Crippen LogP contribution in [-0.4, -0.2) is 32.6 Å². The molecule has 0 radical (unpaired) electrons. The van der Waals surface area contributed by atoms with E-state index in [9.17, 15) is 4.79 Å². The Kier molecular flexibility index (Phi) is 4.12. The zero-order valence-electron chi connectivity index (χ0n) is 10.7. The van der Waals surface area contributed by atoms with E-state index in [0.717, 1.165) is 12.1 Å². The quantitative estimate of drug-likeness (QED) is 0.825. The minimum atomic E-state index is -1.06. The summed E-state index contributed by atoms with van der Waals surface area (Å²) < 4.78 is 1.51. The van der Waals surface area contributed by atoms with Crippen LogP contribution in [0.2, 0.25) is 0 Å². The summed E-state index contributed by atoms with van der Waals surface area (Å²) in [7, 11) is 0. The Morgan fingerprint density at radius 2 is 2.11 bits per heavy atom. The summed E-state index contributed by atoms with van der Waals surface area (Å²) in [6.45, 7) is 3.34.